The maximum absolute atomic E-state index is 10.8. The molecule has 0 aromatic heterocycles. The van der Waals surface area contributed by atoms with Gasteiger partial charge in [-0.1, -0.05) is 0 Å². The number of carbonyl (C=O) groups is 4. The minimum Gasteiger partial charge on any atom is -0.302 e. The number of ketones is 3. The van der Waals surface area contributed by atoms with Crippen molar-refractivity contribution < 1.29 is 19.2 Å². The fourth-order valence-corrected chi connectivity index (χ4v) is 1.00. The summed E-state index contributed by atoms with van der Waals surface area (Å²) in [7, 11) is 0. The number of hydrogen-bond donors (Lipinski definition) is 0. The van der Waals surface area contributed by atoms with Crippen LogP contribution in [0.4, 0.5) is 0 Å². The SMILES string of the molecule is O=CC1C(=O)CC(=O)CC1=O. The van der Waals surface area contributed by atoms with E-state index in [2.05, 4.69) is 0 Å². The van der Waals surface area contributed by atoms with E-state index < -0.39 is 23.3 Å². The lowest BCUT2D eigenvalue weighted by molar-refractivity contribution is -0.142. The summed E-state index contributed by atoms with van der Waals surface area (Å²) in [6.07, 6.45) is -0.235. The first-order valence-electron chi connectivity index (χ1n) is 3.17. The van der Waals surface area contributed by atoms with Gasteiger partial charge in [0.15, 0.2) is 11.6 Å². The van der Waals surface area contributed by atoms with Crippen molar-refractivity contribution in [2.24, 2.45) is 5.92 Å². The Balaban J connectivity index is 2.82. The highest BCUT2D eigenvalue weighted by Crippen LogP contribution is 2.12. The van der Waals surface area contributed by atoms with Crippen LogP contribution < -0.4 is 0 Å². The van der Waals surface area contributed by atoms with E-state index in [9.17, 15) is 19.2 Å². The van der Waals surface area contributed by atoms with Crippen molar-refractivity contribution >= 4 is 23.6 Å². The third kappa shape index (κ3) is 1.39. The number of carbonyl (C=O) groups excluding carboxylic acids is 4. The Morgan fingerprint density at radius 1 is 1.09 bits per heavy atom. The molecule has 0 bridgehead atoms. The minimum absolute atomic E-state index is 0.269. The number of Topliss-reactive ketones (excluding diaryl/α,β-unsaturated/α-hetero) is 3. The molecule has 0 heterocycles. The van der Waals surface area contributed by atoms with Crippen molar-refractivity contribution in [3.05, 3.63) is 0 Å². The first kappa shape index (κ1) is 7.78. The maximum Gasteiger partial charge on any atom is 0.157 e. The molecule has 0 saturated heterocycles. The summed E-state index contributed by atoms with van der Waals surface area (Å²) in [6.45, 7) is 0. The molecule has 4 nitrogen and oxygen atoms in total. The molecular weight excluding hydrogens is 148 g/mol. The molecule has 0 unspecified atom stereocenters. The summed E-state index contributed by atoms with van der Waals surface area (Å²) in [5.41, 5.74) is 0. The van der Waals surface area contributed by atoms with Crippen LogP contribution in [0.15, 0.2) is 0 Å². The van der Waals surface area contributed by atoms with Gasteiger partial charge < -0.3 is 4.79 Å². The van der Waals surface area contributed by atoms with Crippen molar-refractivity contribution in [2.45, 2.75) is 12.8 Å². The zero-order valence-electron chi connectivity index (χ0n) is 5.70. The molecule has 0 aromatic carbocycles. The van der Waals surface area contributed by atoms with Crippen LogP contribution >= 0.6 is 0 Å². The fourth-order valence-electron chi connectivity index (χ4n) is 1.00. The smallest absolute Gasteiger partial charge is 0.157 e. The molecule has 11 heavy (non-hydrogen) atoms. The second kappa shape index (κ2) is 2.74. The summed E-state index contributed by atoms with van der Waals surface area (Å²) in [6, 6.07) is 0. The summed E-state index contributed by atoms with van der Waals surface area (Å²) < 4.78 is 0. The zero-order valence-corrected chi connectivity index (χ0v) is 5.70. The molecular formula is C7H6O4. The Morgan fingerprint density at radius 3 is 1.91 bits per heavy atom. The van der Waals surface area contributed by atoms with E-state index in [-0.39, 0.29) is 12.8 Å². The molecule has 58 valence electrons. The van der Waals surface area contributed by atoms with Crippen LogP contribution in [0.25, 0.3) is 0 Å². The largest absolute Gasteiger partial charge is 0.302 e. The molecule has 0 aromatic rings. The molecule has 0 aliphatic heterocycles. The molecule has 0 N–H and O–H groups in total. The Bertz CT molecular complexity index is 221. The van der Waals surface area contributed by atoms with Gasteiger partial charge in [-0.25, -0.2) is 0 Å². The molecule has 0 atom stereocenters. The highest BCUT2D eigenvalue weighted by atomic mass is 16.2. The Hall–Kier alpha value is -1.32. The van der Waals surface area contributed by atoms with Gasteiger partial charge in [-0.3, -0.25) is 14.4 Å². The van der Waals surface area contributed by atoms with Gasteiger partial charge in [-0.2, -0.15) is 0 Å². The summed E-state index contributed by atoms with van der Waals surface area (Å²) in [5, 5.41) is 0. The van der Waals surface area contributed by atoms with Gasteiger partial charge >= 0.3 is 0 Å². The molecule has 0 spiro atoms. The minimum atomic E-state index is -1.17. The molecule has 1 rings (SSSR count). The van der Waals surface area contributed by atoms with Gasteiger partial charge in [0.2, 0.25) is 0 Å². The van der Waals surface area contributed by atoms with E-state index >= 15 is 0 Å². The van der Waals surface area contributed by atoms with Crippen LogP contribution in [0.3, 0.4) is 0 Å². The van der Waals surface area contributed by atoms with Gasteiger partial charge in [0, 0.05) is 0 Å². The van der Waals surface area contributed by atoms with E-state index in [1.165, 1.54) is 0 Å². The second-order valence-corrected chi connectivity index (χ2v) is 2.44. The molecule has 1 aliphatic carbocycles. The highest BCUT2D eigenvalue weighted by molar-refractivity contribution is 6.26. The normalized spacial score (nSPS) is 20.5. The van der Waals surface area contributed by atoms with Gasteiger partial charge in [0.25, 0.3) is 0 Å². The summed E-state index contributed by atoms with van der Waals surface area (Å²) >= 11 is 0. The Kier molecular flexibility index (Phi) is 1.94. The average Bonchev–Trinajstić information content (AvgIpc) is 1.85. The number of hydrogen-bond acceptors (Lipinski definition) is 4. The topological polar surface area (TPSA) is 68.3 Å². The predicted molar refractivity (Wildman–Crippen MR) is 33.8 cm³/mol. The van der Waals surface area contributed by atoms with E-state index in [1.807, 2.05) is 0 Å². The third-order valence-corrected chi connectivity index (χ3v) is 1.57. The lowest BCUT2D eigenvalue weighted by Crippen LogP contribution is -2.34. The van der Waals surface area contributed by atoms with Crippen molar-refractivity contribution in [1.82, 2.24) is 0 Å². The second-order valence-electron chi connectivity index (χ2n) is 2.44. The standard InChI is InChI=1S/C7H6O4/c8-3-5-6(10)1-4(9)2-7(5)11/h3,5H,1-2H2. The number of rotatable bonds is 1. The van der Waals surface area contributed by atoms with Crippen molar-refractivity contribution in [1.29, 1.82) is 0 Å². The summed E-state index contributed by atoms with van der Waals surface area (Å²) in [4.78, 5) is 42.3. The first-order valence-corrected chi connectivity index (χ1v) is 3.17. The van der Waals surface area contributed by atoms with Crippen LogP contribution in [0.5, 0.6) is 0 Å². The van der Waals surface area contributed by atoms with Crippen LogP contribution in [-0.2, 0) is 19.2 Å². The lowest BCUT2D eigenvalue weighted by atomic mass is 9.87. The van der Waals surface area contributed by atoms with Crippen LogP contribution in [0.2, 0.25) is 0 Å². The molecule has 0 amide bonds. The Morgan fingerprint density at radius 2 is 1.55 bits per heavy atom. The molecule has 1 saturated carbocycles. The molecule has 1 aliphatic rings. The maximum atomic E-state index is 10.8. The first-order chi connectivity index (χ1) is 5.15. The van der Waals surface area contributed by atoms with Gasteiger partial charge in [-0.05, 0) is 0 Å². The number of aldehydes is 1. The van der Waals surface area contributed by atoms with Crippen LogP contribution in [0, 0.1) is 5.92 Å². The van der Waals surface area contributed by atoms with Gasteiger partial charge in [0.05, 0.1) is 12.8 Å². The molecule has 4 heteroatoms. The van der Waals surface area contributed by atoms with E-state index in [4.69, 9.17) is 0 Å². The van der Waals surface area contributed by atoms with Crippen LogP contribution in [0.1, 0.15) is 12.8 Å². The fraction of sp³-hybridized carbons (Fsp3) is 0.429. The third-order valence-electron chi connectivity index (χ3n) is 1.57. The van der Waals surface area contributed by atoms with Crippen LogP contribution in [-0.4, -0.2) is 23.6 Å². The monoisotopic (exact) mass is 154 g/mol. The van der Waals surface area contributed by atoms with Crippen molar-refractivity contribution in [3.63, 3.8) is 0 Å². The zero-order chi connectivity index (χ0) is 8.43. The average molecular weight is 154 g/mol. The van der Waals surface area contributed by atoms with Crippen molar-refractivity contribution in [2.75, 3.05) is 0 Å². The predicted octanol–water partition coefficient (Wildman–Crippen LogP) is -0.697. The Labute approximate surface area is 62.6 Å². The molecule has 0 radical (unpaired) electrons. The van der Waals surface area contributed by atoms with E-state index in [0.29, 0.717) is 6.29 Å². The van der Waals surface area contributed by atoms with Crippen molar-refractivity contribution in [3.8, 4) is 0 Å². The molecule has 1 fully saturated rings. The quantitative estimate of drug-likeness (QED) is 0.370. The van der Waals surface area contributed by atoms with E-state index in [1.54, 1.807) is 0 Å². The lowest BCUT2D eigenvalue weighted by Gasteiger charge is -2.11. The van der Waals surface area contributed by atoms with Gasteiger partial charge in [0.1, 0.15) is 18.0 Å². The highest BCUT2D eigenvalue weighted by Gasteiger charge is 2.33. The summed E-state index contributed by atoms with van der Waals surface area (Å²) in [5.74, 6) is -2.70. The van der Waals surface area contributed by atoms with E-state index in [0.717, 1.165) is 0 Å². The van der Waals surface area contributed by atoms with Gasteiger partial charge in [-0.15, -0.1) is 0 Å².